The molecule has 1 aliphatic rings. The molecule has 0 fully saturated rings. The van der Waals surface area contributed by atoms with Crippen molar-refractivity contribution in [1.29, 1.82) is 0 Å². The predicted molar refractivity (Wildman–Crippen MR) is 137 cm³/mol. The number of sulfonamides is 1. The van der Waals surface area contributed by atoms with E-state index in [1.54, 1.807) is 49.4 Å². The molecular weight excluding hydrogens is 468 g/mol. The molecule has 178 valence electrons. The van der Waals surface area contributed by atoms with Crippen molar-refractivity contribution in [2.75, 3.05) is 10.8 Å². The fourth-order valence-corrected chi connectivity index (χ4v) is 5.99. The Morgan fingerprint density at radius 3 is 2.44 bits per heavy atom. The Balaban J connectivity index is 1.62. The minimum Gasteiger partial charge on any atom is -0.348 e. The summed E-state index contributed by atoms with van der Waals surface area (Å²) in [7, 11) is -4.00. The third kappa shape index (κ3) is 5.13. The third-order valence-electron chi connectivity index (χ3n) is 6.34. The van der Waals surface area contributed by atoms with Gasteiger partial charge < -0.3 is 5.32 Å². The molecule has 5 nitrogen and oxygen atoms in total. The van der Waals surface area contributed by atoms with E-state index in [2.05, 4.69) is 17.4 Å². The maximum atomic E-state index is 13.6. The van der Waals surface area contributed by atoms with Gasteiger partial charge in [0.15, 0.2) is 0 Å². The molecule has 34 heavy (non-hydrogen) atoms. The van der Waals surface area contributed by atoms with Gasteiger partial charge in [-0.3, -0.25) is 9.10 Å². The summed E-state index contributed by atoms with van der Waals surface area (Å²) in [5.74, 6) is -0.386. The van der Waals surface area contributed by atoms with E-state index in [0.29, 0.717) is 16.3 Å². The van der Waals surface area contributed by atoms with Gasteiger partial charge in [-0.25, -0.2) is 8.42 Å². The van der Waals surface area contributed by atoms with Gasteiger partial charge in [0.2, 0.25) is 5.91 Å². The number of benzene rings is 3. The fraction of sp³-hybridized carbons (Fsp3) is 0.296. The Kier molecular flexibility index (Phi) is 7.01. The van der Waals surface area contributed by atoms with Crippen LogP contribution >= 0.6 is 11.6 Å². The lowest BCUT2D eigenvalue weighted by Crippen LogP contribution is -2.42. The van der Waals surface area contributed by atoms with E-state index in [1.807, 2.05) is 19.9 Å². The minimum absolute atomic E-state index is 0.122. The Hall–Kier alpha value is -2.83. The molecule has 0 radical (unpaired) electrons. The van der Waals surface area contributed by atoms with Crippen LogP contribution in [0.15, 0.2) is 65.6 Å². The van der Waals surface area contributed by atoms with Crippen LogP contribution in [0.5, 0.6) is 0 Å². The van der Waals surface area contributed by atoms with Gasteiger partial charge in [-0.1, -0.05) is 53.6 Å². The maximum Gasteiger partial charge on any atom is 0.264 e. The predicted octanol–water partition coefficient (Wildman–Crippen LogP) is 5.52. The number of carbonyl (C=O) groups excluding carboxylic acids is 1. The van der Waals surface area contributed by atoms with E-state index in [4.69, 9.17) is 11.6 Å². The molecular formula is C27H29ClN2O3S. The lowest BCUT2D eigenvalue weighted by atomic mass is 10.0. The van der Waals surface area contributed by atoms with Crippen LogP contribution in [0.3, 0.4) is 0 Å². The molecule has 1 aliphatic carbocycles. The van der Waals surface area contributed by atoms with Gasteiger partial charge in [0, 0.05) is 5.02 Å². The quantitative estimate of drug-likeness (QED) is 0.468. The maximum absolute atomic E-state index is 13.6. The summed E-state index contributed by atoms with van der Waals surface area (Å²) in [5, 5.41) is 3.38. The molecule has 0 heterocycles. The lowest BCUT2D eigenvalue weighted by Gasteiger charge is -2.27. The SMILES string of the molecule is Cc1ccc(S(=O)(=O)N(CC(=O)N[C@@H](C)c2ccc3c(c2)CCC3)c2cc(Cl)ccc2C)cc1. The molecule has 0 saturated heterocycles. The first-order valence-electron chi connectivity index (χ1n) is 11.4. The zero-order valence-electron chi connectivity index (χ0n) is 19.6. The summed E-state index contributed by atoms with van der Waals surface area (Å²) in [5.41, 5.74) is 5.75. The molecule has 3 aromatic carbocycles. The number of carbonyl (C=O) groups is 1. The number of nitrogens with one attached hydrogen (secondary N) is 1. The van der Waals surface area contributed by atoms with E-state index >= 15 is 0 Å². The zero-order valence-corrected chi connectivity index (χ0v) is 21.2. The number of hydrogen-bond donors (Lipinski definition) is 1. The minimum atomic E-state index is -4.00. The fourth-order valence-electron chi connectivity index (χ4n) is 4.35. The molecule has 0 saturated carbocycles. The van der Waals surface area contributed by atoms with E-state index in [0.717, 1.165) is 34.7 Å². The Labute approximate surface area is 206 Å². The highest BCUT2D eigenvalue weighted by Crippen LogP contribution is 2.30. The van der Waals surface area contributed by atoms with Crippen LogP contribution in [0.2, 0.25) is 5.02 Å². The molecule has 1 amide bonds. The topological polar surface area (TPSA) is 66.5 Å². The standard InChI is InChI=1S/C27H29ClN2O3S/c1-18-7-13-25(14-8-18)34(32,33)30(26-16-24(28)12-9-19(26)2)17-27(31)29-20(3)22-11-10-21-5-4-6-23(21)15-22/h7-16,20H,4-6,17H2,1-3H3,(H,29,31)/t20-/m0/s1. The number of aryl methyl sites for hydroxylation is 4. The molecule has 0 unspecified atom stereocenters. The van der Waals surface area contributed by atoms with Crippen molar-refractivity contribution in [1.82, 2.24) is 5.32 Å². The molecule has 1 atom stereocenters. The van der Waals surface area contributed by atoms with Crippen molar-refractivity contribution in [3.8, 4) is 0 Å². The van der Waals surface area contributed by atoms with Gasteiger partial charge in [-0.2, -0.15) is 0 Å². The molecule has 0 aliphatic heterocycles. The summed E-state index contributed by atoms with van der Waals surface area (Å²) in [6.07, 6.45) is 3.31. The number of halogens is 1. The number of hydrogen-bond acceptors (Lipinski definition) is 3. The Morgan fingerprint density at radius 2 is 1.71 bits per heavy atom. The van der Waals surface area contributed by atoms with Gasteiger partial charge in [0.1, 0.15) is 6.54 Å². The van der Waals surface area contributed by atoms with Crippen LogP contribution < -0.4 is 9.62 Å². The van der Waals surface area contributed by atoms with E-state index in [-0.39, 0.29) is 23.4 Å². The van der Waals surface area contributed by atoms with Crippen molar-refractivity contribution in [3.05, 3.63) is 93.5 Å². The molecule has 0 spiro atoms. The molecule has 7 heteroatoms. The highest BCUT2D eigenvalue weighted by Gasteiger charge is 2.29. The van der Waals surface area contributed by atoms with Gasteiger partial charge in [-0.15, -0.1) is 0 Å². The first-order valence-corrected chi connectivity index (χ1v) is 13.2. The van der Waals surface area contributed by atoms with Crippen molar-refractivity contribution >= 4 is 33.2 Å². The van der Waals surface area contributed by atoms with Gasteiger partial charge in [0.05, 0.1) is 16.6 Å². The molecule has 0 bridgehead atoms. The highest BCUT2D eigenvalue weighted by atomic mass is 35.5. The van der Waals surface area contributed by atoms with Crippen molar-refractivity contribution in [2.45, 2.75) is 51.0 Å². The second-order valence-electron chi connectivity index (χ2n) is 8.93. The summed E-state index contributed by atoms with van der Waals surface area (Å²) >= 11 is 6.20. The summed E-state index contributed by atoms with van der Waals surface area (Å²) in [6.45, 7) is 5.25. The zero-order chi connectivity index (χ0) is 24.5. The van der Waals surface area contributed by atoms with Gasteiger partial charge >= 0.3 is 0 Å². The van der Waals surface area contributed by atoms with Gasteiger partial charge in [-0.05, 0) is 86.6 Å². The average molecular weight is 497 g/mol. The molecule has 0 aromatic heterocycles. The third-order valence-corrected chi connectivity index (χ3v) is 8.35. The number of rotatable bonds is 7. The van der Waals surface area contributed by atoms with Crippen LogP contribution in [0.1, 0.15) is 47.2 Å². The number of anilines is 1. The largest absolute Gasteiger partial charge is 0.348 e. The summed E-state index contributed by atoms with van der Waals surface area (Å²) in [4.78, 5) is 13.2. The first kappa shape index (κ1) is 24.3. The molecule has 1 N–H and O–H groups in total. The van der Waals surface area contributed by atoms with Crippen LogP contribution in [-0.2, 0) is 27.7 Å². The smallest absolute Gasteiger partial charge is 0.264 e. The lowest BCUT2D eigenvalue weighted by molar-refractivity contribution is -0.120. The van der Waals surface area contributed by atoms with Crippen LogP contribution in [0.4, 0.5) is 5.69 Å². The van der Waals surface area contributed by atoms with Crippen molar-refractivity contribution in [2.24, 2.45) is 0 Å². The first-order chi connectivity index (χ1) is 16.1. The number of amides is 1. The normalized spacial score (nSPS) is 13.9. The van der Waals surface area contributed by atoms with Crippen molar-refractivity contribution < 1.29 is 13.2 Å². The average Bonchev–Trinajstić information content (AvgIpc) is 3.27. The van der Waals surface area contributed by atoms with Gasteiger partial charge in [0.25, 0.3) is 10.0 Å². The molecule has 3 aromatic rings. The Morgan fingerprint density at radius 1 is 1.00 bits per heavy atom. The van der Waals surface area contributed by atoms with E-state index in [9.17, 15) is 13.2 Å². The second kappa shape index (κ2) is 9.80. The van der Waals surface area contributed by atoms with Crippen LogP contribution in [0, 0.1) is 13.8 Å². The van der Waals surface area contributed by atoms with Crippen molar-refractivity contribution in [3.63, 3.8) is 0 Å². The van der Waals surface area contributed by atoms with Crippen LogP contribution in [0.25, 0.3) is 0 Å². The number of fused-ring (bicyclic) bond motifs is 1. The Bertz CT molecular complexity index is 1320. The molecule has 4 rings (SSSR count). The van der Waals surface area contributed by atoms with E-state index in [1.165, 1.54) is 11.1 Å². The summed E-state index contributed by atoms with van der Waals surface area (Å²) in [6, 6.07) is 17.7. The second-order valence-corrected chi connectivity index (χ2v) is 11.2. The van der Waals surface area contributed by atoms with Crippen LogP contribution in [-0.4, -0.2) is 20.9 Å². The summed E-state index contributed by atoms with van der Waals surface area (Å²) < 4.78 is 28.4. The highest BCUT2D eigenvalue weighted by molar-refractivity contribution is 7.92. The monoisotopic (exact) mass is 496 g/mol. The van der Waals surface area contributed by atoms with E-state index < -0.39 is 10.0 Å². The number of nitrogens with zero attached hydrogens (tertiary/aromatic N) is 1.